The molecular weight excluding hydrogens is 304 g/mol. The summed E-state index contributed by atoms with van der Waals surface area (Å²) < 4.78 is 10.5. The van der Waals surface area contributed by atoms with E-state index in [1.165, 1.54) is 32.1 Å². The molecule has 4 aliphatic rings. The van der Waals surface area contributed by atoms with Gasteiger partial charge in [0.1, 0.15) is 5.75 Å². The molecule has 4 nitrogen and oxygen atoms in total. The van der Waals surface area contributed by atoms with Crippen molar-refractivity contribution in [2.24, 2.45) is 29.6 Å². The van der Waals surface area contributed by atoms with Gasteiger partial charge in [0, 0.05) is 5.56 Å². The molecule has 24 heavy (non-hydrogen) atoms. The van der Waals surface area contributed by atoms with Crippen molar-refractivity contribution >= 4 is 11.8 Å². The van der Waals surface area contributed by atoms with Crippen LogP contribution in [-0.2, 0) is 9.53 Å². The molecule has 1 aromatic rings. The highest BCUT2D eigenvalue weighted by molar-refractivity contribution is 5.98. The van der Waals surface area contributed by atoms with Gasteiger partial charge in [-0.15, -0.1) is 0 Å². The summed E-state index contributed by atoms with van der Waals surface area (Å²) in [4.78, 5) is 24.8. The van der Waals surface area contributed by atoms with Crippen molar-refractivity contribution in [3.8, 4) is 5.75 Å². The zero-order valence-electron chi connectivity index (χ0n) is 14.1. The van der Waals surface area contributed by atoms with Crippen LogP contribution in [0.3, 0.4) is 0 Å². The predicted octanol–water partition coefficient (Wildman–Crippen LogP) is 3.49. The fraction of sp³-hybridized carbons (Fsp3) is 0.600. The first-order valence-corrected chi connectivity index (χ1v) is 8.98. The third-order valence-corrected chi connectivity index (χ3v) is 6.26. The number of methoxy groups -OCH3 is 1. The zero-order chi connectivity index (χ0) is 16.7. The van der Waals surface area contributed by atoms with Gasteiger partial charge in [-0.25, -0.2) is 0 Å². The lowest BCUT2D eigenvalue weighted by molar-refractivity contribution is -0.161. The van der Waals surface area contributed by atoms with Crippen LogP contribution in [0.2, 0.25) is 0 Å². The minimum atomic E-state index is -0.159. The Morgan fingerprint density at radius 2 is 1.54 bits per heavy atom. The van der Waals surface area contributed by atoms with Crippen LogP contribution in [0.25, 0.3) is 0 Å². The lowest BCUT2D eigenvalue weighted by Gasteiger charge is -2.53. The molecule has 4 aliphatic carbocycles. The second-order valence-electron chi connectivity index (χ2n) is 7.72. The lowest BCUT2D eigenvalue weighted by Crippen LogP contribution is -2.48. The average Bonchev–Trinajstić information content (AvgIpc) is 2.59. The summed E-state index contributed by atoms with van der Waals surface area (Å²) in [6.45, 7) is -0.159. The molecule has 5 rings (SSSR count). The van der Waals surface area contributed by atoms with Gasteiger partial charge in [0.15, 0.2) is 12.4 Å². The highest BCUT2D eigenvalue weighted by Gasteiger charge is 2.51. The highest BCUT2D eigenvalue weighted by atomic mass is 16.5. The number of esters is 1. The third kappa shape index (κ3) is 2.83. The molecule has 0 amide bonds. The molecule has 1 aromatic carbocycles. The number of hydrogen-bond acceptors (Lipinski definition) is 4. The number of hydrogen-bond donors (Lipinski definition) is 0. The third-order valence-electron chi connectivity index (χ3n) is 6.26. The monoisotopic (exact) mass is 328 g/mol. The molecule has 0 N–H and O–H groups in total. The minimum Gasteiger partial charge on any atom is -0.497 e. The molecule has 0 spiro atoms. The van der Waals surface area contributed by atoms with E-state index in [1.807, 2.05) is 0 Å². The molecule has 0 radical (unpaired) electrons. The van der Waals surface area contributed by atoms with E-state index in [2.05, 4.69) is 0 Å². The first-order valence-electron chi connectivity index (χ1n) is 8.98. The van der Waals surface area contributed by atoms with E-state index in [0.29, 0.717) is 23.1 Å². The Hall–Kier alpha value is -1.84. The number of ether oxygens (including phenoxy) is 2. The van der Waals surface area contributed by atoms with E-state index in [-0.39, 0.29) is 24.3 Å². The van der Waals surface area contributed by atoms with Crippen molar-refractivity contribution in [3.05, 3.63) is 29.8 Å². The van der Waals surface area contributed by atoms with E-state index in [0.717, 1.165) is 11.8 Å². The highest BCUT2D eigenvalue weighted by Crippen LogP contribution is 2.56. The Labute approximate surface area is 142 Å². The molecule has 4 fully saturated rings. The lowest BCUT2D eigenvalue weighted by atomic mass is 9.52. The van der Waals surface area contributed by atoms with Crippen molar-refractivity contribution in [1.29, 1.82) is 0 Å². The van der Waals surface area contributed by atoms with Crippen molar-refractivity contribution < 1.29 is 19.1 Å². The summed E-state index contributed by atoms with van der Waals surface area (Å²) >= 11 is 0. The summed E-state index contributed by atoms with van der Waals surface area (Å²) in [5.41, 5.74) is 0.550. The van der Waals surface area contributed by atoms with Gasteiger partial charge in [-0.3, -0.25) is 9.59 Å². The van der Waals surface area contributed by atoms with Gasteiger partial charge in [0.05, 0.1) is 13.0 Å². The number of ketones is 1. The second kappa shape index (κ2) is 6.23. The van der Waals surface area contributed by atoms with Crippen LogP contribution >= 0.6 is 0 Å². The van der Waals surface area contributed by atoms with Gasteiger partial charge < -0.3 is 9.47 Å². The summed E-state index contributed by atoms with van der Waals surface area (Å²) in [7, 11) is 1.59. The second-order valence-corrected chi connectivity index (χ2v) is 7.72. The molecule has 4 bridgehead atoms. The summed E-state index contributed by atoms with van der Waals surface area (Å²) in [5.74, 6) is 3.07. The maximum atomic E-state index is 12.6. The number of rotatable bonds is 5. The largest absolute Gasteiger partial charge is 0.497 e. The Kier molecular flexibility index (Phi) is 4.07. The topological polar surface area (TPSA) is 52.6 Å². The van der Waals surface area contributed by atoms with Crippen molar-refractivity contribution in [2.45, 2.75) is 32.1 Å². The SMILES string of the molecule is COc1ccc(C(=O)COC(=O)C2C3CC4CC(C3)CC2C4)cc1. The van der Waals surface area contributed by atoms with Crippen LogP contribution in [0.4, 0.5) is 0 Å². The van der Waals surface area contributed by atoms with E-state index < -0.39 is 0 Å². The van der Waals surface area contributed by atoms with Gasteiger partial charge in [-0.1, -0.05) is 0 Å². The number of carbonyl (C=O) groups is 2. The smallest absolute Gasteiger partial charge is 0.309 e. The fourth-order valence-corrected chi connectivity index (χ4v) is 5.40. The maximum Gasteiger partial charge on any atom is 0.309 e. The molecule has 4 saturated carbocycles. The first-order chi connectivity index (χ1) is 11.6. The molecule has 128 valence electrons. The van der Waals surface area contributed by atoms with Gasteiger partial charge in [-0.05, 0) is 80.0 Å². The quantitative estimate of drug-likeness (QED) is 0.613. The normalized spacial score (nSPS) is 33.3. The molecular formula is C20H24O4. The Morgan fingerprint density at radius 3 is 2.08 bits per heavy atom. The van der Waals surface area contributed by atoms with Gasteiger partial charge in [0.2, 0.25) is 0 Å². The Balaban J connectivity index is 1.35. The van der Waals surface area contributed by atoms with Crippen LogP contribution in [0, 0.1) is 29.6 Å². The molecule has 0 saturated heterocycles. The molecule has 4 heteroatoms. The molecule has 0 aromatic heterocycles. The van der Waals surface area contributed by atoms with Crippen molar-refractivity contribution in [2.75, 3.05) is 13.7 Å². The van der Waals surface area contributed by atoms with E-state index in [1.54, 1.807) is 31.4 Å². The first kappa shape index (κ1) is 15.7. The number of carbonyl (C=O) groups excluding carboxylic acids is 2. The molecule has 0 aliphatic heterocycles. The standard InChI is InChI=1S/C20H24O4/c1-23-17-4-2-14(3-5-17)18(21)11-24-20(22)19-15-7-12-6-13(9-15)10-16(19)8-12/h2-5,12-13,15-16,19H,6-11H2,1H3. The summed E-state index contributed by atoms with van der Waals surface area (Å²) in [5, 5.41) is 0. The molecule has 0 unspecified atom stereocenters. The molecule has 0 heterocycles. The van der Waals surface area contributed by atoms with E-state index >= 15 is 0 Å². The number of benzene rings is 1. The van der Waals surface area contributed by atoms with Gasteiger partial charge >= 0.3 is 5.97 Å². The van der Waals surface area contributed by atoms with E-state index in [4.69, 9.17) is 9.47 Å². The Bertz CT molecular complexity index is 606. The maximum absolute atomic E-state index is 12.6. The van der Waals surface area contributed by atoms with Gasteiger partial charge in [-0.2, -0.15) is 0 Å². The van der Waals surface area contributed by atoms with Crippen LogP contribution in [0.1, 0.15) is 42.5 Å². The number of Topliss-reactive ketones (excluding diaryl/α,β-unsaturated/α-hetero) is 1. The minimum absolute atomic E-state index is 0.0291. The van der Waals surface area contributed by atoms with Crippen LogP contribution in [0.5, 0.6) is 5.75 Å². The van der Waals surface area contributed by atoms with E-state index in [9.17, 15) is 9.59 Å². The predicted molar refractivity (Wildman–Crippen MR) is 88.8 cm³/mol. The van der Waals surface area contributed by atoms with Crippen LogP contribution in [0.15, 0.2) is 24.3 Å². The summed E-state index contributed by atoms with van der Waals surface area (Å²) in [6, 6.07) is 6.90. The van der Waals surface area contributed by atoms with Crippen molar-refractivity contribution in [1.82, 2.24) is 0 Å². The zero-order valence-corrected chi connectivity index (χ0v) is 14.1. The van der Waals surface area contributed by atoms with Crippen molar-refractivity contribution in [3.63, 3.8) is 0 Å². The van der Waals surface area contributed by atoms with Crippen LogP contribution < -0.4 is 4.74 Å². The van der Waals surface area contributed by atoms with Crippen LogP contribution in [-0.4, -0.2) is 25.5 Å². The fourth-order valence-electron chi connectivity index (χ4n) is 5.40. The summed E-state index contributed by atoms with van der Waals surface area (Å²) in [6.07, 6.45) is 6.08. The average molecular weight is 328 g/mol. The Morgan fingerprint density at radius 1 is 0.958 bits per heavy atom. The molecule has 0 atom stereocenters. The van der Waals surface area contributed by atoms with Gasteiger partial charge in [0.25, 0.3) is 0 Å².